The van der Waals surface area contributed by atoms with Crippen LogP contribution in [0.1, 0.15) is 16.8 Å². The first kappa shape index (κ1) is 15.9. The van der Waals surface area contributed by atoms with Crippen LogP contribution in [0.4, 0.5) is 0 Å². The Morgan fingerprint density at radius 1 is 1.43 bits per heavy atom. The fourth-order valence-electron chi connectivity index (χ4n) is 2.20. The van der Waals surface area contributed by atoms with Crippen molar-refractivity contribution in [1.29, 1.82) is 0 Å². The molecule has 1 N–H and O–H groups in total. The minimum atomic E-state index is -0.190. The van der Waals surface area contributed by atoms with Gasteiger partial charge in [-0.05, 0) is 24.6 Å². The zero-order valence-corrected chi connectivity index (χ0v) is 14.0. The molecule has 0 atom stereocenters. The molecule has 23 heavy (non-hydrogen) atoms. The molecule has 3 rings (SSSR count). The topological polar surface area (TPSA) is 68.5 Å². The fourth-order valence-corrected chi connectivity index (χ4v) is 3.26. The SMILES string of the molecule is COCCCNC(=O)c1cnn2c(-c3ccc(Cl)s3)ccnc12. The van der Waals surface area contributed by atoms with E-state index in [-0.39, 0.29) is 5.91 Å². The smallest absolute Gasteiger partial charge is 0.256 e. The number of nitrogens with one attached hydrogen (secondary N) is 1. The highest BCUT2D eigenvalue weighted by atomic mass is 35.5. The molecule has 0 unspecified atom stereocenters. The maximum Gasteiger partial charge on any atom is 0.256 e. The maximum absolute atomic E-state index is 12.3. The predicted octanol–water partition coefficient (Wildman–Crippen LogP) is 2.88. The number of nitrogens with zero attached hydrogens (tertiary/aromatic N) is 3. The van der Waals surface area contributed by atoms with Crippen LogP contribution in [0.2, 0.25) is 4.34 Å². The van der Waals surface area contributed by atoms with E-state index in [9.17, 15) is 4.79 Å². The number of hydrogen-bond donors (Lipinski definition) is 1. The summed E-state index contributed by atoms with van der Waals surface area (Å²) >= 11 is 7.45. The molecule has 0 saturated carbocycles. The van der Waals surface area contributed by atoms with Crippen LogP contribution in [0, 0.1) is 0 Å². The lowest BCUT2D eigenvalue weighted by Gasteiger charge is -2.04. The van der Waals surface area contributed by atoms with Crippen molar-refractivity contribution in [2.24, 2.45) is 0 Å². The van der Waals surface area contributed by atoms with E-state index in [4.69, 9.17) is 16.3 Å². The molecule has 0 fully saturated rings. The number of amides is 1. The van der Waals surface area contributed by atoms with E-state index < -0.39 is 0 Å². The number of carbonyl (C=O) groups is 1. The van der Waals surface area contributed by atoms with E-state index in [1.54, 1.807) is 17.8 Å². The van der Waals surface area contributed by atoms with Gasteiger partial charge in [0.2, 0.25) is 0 Å². The fraction of sp³-hybridized carbons (Fsp3) is 0.267. The summed E-state index contributed by atoms with van der Waals surface area (Å²) < 4.78 is 7.32. The van der Waals surface area contributed by atoms with Gasteiger partial charge in [0, 0.05) is 26.5 Å². The highest BCUT2D eigenvalue weighted by Crippen LogP contribution is 2.31. The molecule has 0 aliphatic rings. The van der Waals surface area contributed by atoms with E-state index in [1.165, 1.54) is 17.5 Å². The average molecular weight is 351 g/mol. The molecule has 0 radical (unpaired) electrons. The largest absolute Gasteiger partial charge is 0.385 e. The van der Waals surface area contributed by atoms with Crippen LogP contribution in [0.3, 0.4) is 0 Å². The molecule has 0 bridgehead atoms. The molecule has 3 heterocycles. The second-order valence-electron chi connectivity index (χ2n) is 4.83. The number of rotatable bonds is 6. The molecule has 0 saturated heterocycles. The van der Waals surface area contributed by atoms with Gasteiger partial charge in [0.05, 0.1) is 21.1 Å². The lowest BCUT2D eigenvalue weighted by atomic mass is 10.3. The molecule has 0 aliphatic carbocycles. The number of halogens is 1. The van der Waals surface area contributed by atoms with Crippen LogP contribution in [0.15, 0.2) is 30.6 Å². The number of methoxy groups -OCH3 is 1. The maximum atomic E-state index is 12.3. The van der Waals surface area contributed by atoms with Crippen LogP contribution in [0.5, 0.6) is 0 Å². The van der Waals surface area contributed by atoms with Gasteiger partial charge >= 0.3 is 0 Å². The molecule has 120 valence electrons. The van der Waals surface area contributed by atoms with Gasteiger partial charge in [-0.2, -0.15) is 5.10 Å². The molecular formula is C15H15ClN4O2S. The number of fused-ring (bicyclic) bond motifs is 1. The van der Waals surface area contributed by atoms with E-state index in [1.807, 2.05) is 18.2 Å². The Kier molecular flexibility index (Phi) is 4.90. The monoisotopic (exact) mass is 350 g/mol. The third-order valence-corrected chi connectivity index (χ3v) is 4.54. The average Bonchev–Trinajstić information content (AvgIpc) is 3.17. The number of thiophene rings is 1. The molecule has 1 amide bonds. The Labute approximate surface area is 142 Å². The van der Waals surface area contributed by atoms with E-state index in [0.717, 1.165) is 17.0 Å². The highest BCUT2D eigenvalue weighted by Gasteiger charge is 2.16. The minimum absolute atomic E-state index is 0.190. The van der Waals surface area contributed by atoms with Crippen LogP contribution in [-0.4, -0.2) is 40.8 Å². The predicted molar refractivity (Wildman–Crippen MR) is 90.1 cm³/mol. The van der Waals surface area contributed by atoms with Gasteiger partial charge in [0.15, 0.2) is 5.65 Å². The van der Waals surface area contributed by atoms with Crippen molar-refractivity contribution in [2.45, 2.75) is 6.42 Å². The lowest BCUT2D eigenvalue weighted by Crippen LogP contribution is -2.25. The third-order valence-electron chi connectivity index (χ3n) is 3.28. The zero-order chi connectivity index (χ0) is 16.2. The third kappa shape index (κ3) is 3.36. The van der Waals surface area contributed by atoms with Crippen LogP contribution >= 0.6 is 22.9 Å². The second kappa shape index (κ2) is 7.08. The van der Waals surface area contributed by atoms with Gasteiger partial charge in [-0.15, -0.1) is 11.3 Å². The highest BCUT2D eigenvalue weighted by molar-refractivity contribution is 7.19. The first-order valence-electron chi connectivity index (χ1n) is 7.06. The van der Waals surface area contributed by atoms with E-state index in [2.05, 4.69) is 15.4 Å². The normalized spacial score (nSPS) is 11.0. The van der Waals surface area contributed by atoms with E-state index >= 15 is 0 Å². The number of carbonyl (C=O) groups excluding carboxylic acids is 1. The van der Waals surface area contributed by atoms with Gasteiger partial charge < -0.3 is 10.1 Å². The number of ether oxygens (including phenoxy) is 1. The van der Waals surface area contributed by atoms with Crippen LogP contribution < -0.4 is 5.32 Å². The molecule has 3 aromatic heterocycles. The van der Waals surface area contributed by atoms with Crippen molar-refractivity contribution in [1.82, 2.24) is 19.9 Å². The second-order valence-corrected chi connectivity index (χ2v) is 6.54. The van der Waals surface area contributed by atoms with Crippen molar-refractivity contribution in [2.75, 3.05) is 20.3 Å². The Morgan fingerprint density at radius 2 is 2.30 bits per heavy atom. The van der Waals surface area contributed by atoms with E-state index in [0.29, 0.717) is 28.7 Å². The summed E-state index contributed by atoms with van der Waals surface area (Å²) in [4.78, 5) is 17.5. The summed E-state index contributed by atoms with van der Waals surface area (Å²) in [7, 11) is 1.63. The summed E-state index contributed by atoms with van der Waals surface area (Å²) in [5, 5.41) is 7.15. The van der Waals surface area contributed by atoms with Crippen molar-refractivity contribution in [3.05, 3.63) is 40.5 Å². The van der Waals surface area contributed by atoms with Crippen LogP contribution in [-0.2, 0) is 4.74 Å². The molecule has 3 aromatic rings. The standard InChI is InChI=1S/C15H15ClN4O2S/c1-22-8-2-6-18-15(21)10-9-19-20-11(5-7-17-14(10)20)12-3-4-13(16)23-12/h3-5,7,9H,2,6,8H2,1H3,(H,18,21). The summed E-state index contributed by atoms with van der Waals surface area (Å²) in [6.45, 7) is 1.15. The molecular weight excluding hydrogens is 336 g/mol. The van der Waals surface area contributed by atoms with Gasteiger partial charge in [-0.3, -0.25) is 4.79 Å². The first-order valence-corrected chi connectivity index (χ1v) is 8.25. The quantitative estimate of drug-likeness (QED) is 0.694. The van der Waals surface area contributed by atoms with Crippen molar-refractivity contribution in [3.8, 4) is 10.6 Å². The summed E-state index contributed by atoms with van der Waals surface area (Å²) in [5.74, 6) is -0.190. The van der Waals surface area contributed by atoms with Gasteiger partial charge in [0.1, 0.15) is 5.56 Å². The number of hydrogen-bond acceptors (Lipinski definition) is 5. The Hall–Kier alpha value is -1.96. The van der Waals surface area contributed by atoms with Crippen molar-refractivity contribution in [3.63, 3.8) is 0 Å². The van der Waals surface area contributed by atoms with Crippen molar-refractivity contribution < 1.29 is 9.53 Å². The van der Waals surface area contributed by atoms with Gasteiger partial charge in [-0.25, -0.2) is 9.50 Å². The summed E-state index contributed by atoms with van der Waals surface area (Å²) in [5.41, 5.74) is 1.83. The zero-order valence-electron chi connectivity index (χ0n) is 12.5. The van der Waals surface area contributed by atoms with Crippen LogP contribution in [0.25, 0.3) is 16.2 Å². The van der Waals surface area contributed by atoms with Gasteiger partial charge in [-0.1, -0.05) is 11.6 Å². The summed E-state index contributed by atoms with van der Waals surface area (Å²) in [6.07, 6.45) is 3.96. The van der Waals surface area contributed by atoms with Gasteiger partial charge in [0.25, 0.3) is 5.91 Å². The molecule has 0 aromatic carbocycles. The number of aromatic nitrogens is 3. The molecule has 0 spiro atoms. The van der Waals surface area contributed by atoms with Crippen molar-refractivity contribution >= 4 is 34.5 Å². The Bertz CT molecular complexity index is 830. The Balaban J connectivity index is 1.88. The molecule has 8 heteroatoms. The lowest BCUT2D eigenvalue weighted by molar-refractivity contribution is 0.0950. The minimum Gasteiger partial charge on any atom is -0.385 e. The first-order chi connectivity index (χ1) is 11.2. The Morgan fingerprint density at radius 3 is 3.04 bits per heavy atom. The summed E-state index contributed by atoms with van der Waals surface area (Å²) in [6, 6.07) is 5.61. The molecule has 6 nitrogen and oxygen atoms in total. The molecule has 0 aliphatic heterocycles.